The molecule has 2 heterocycles. The van der Waals surface area contributed by atoms with E-state index >= 15 is 0 Å². The highest BCUT2D eigenvalue weighted by Crippen LogP contribution is 2.30. The van der Waals surface area contributed by atoms with Crippen molar-refractivity contribution in [2.24, 2.45) is 0 Å². The molecule has 1 aromatic rings. The van der Waals surface area contributed by atoms with E-state index in [0.29, 0.717) is 6.04 Å². The highest BCUT2D eigenvalue weighted by Gasteiger charge is 2.19. The number of piperidine rings is 1. The van der Waals surface area contributed by atoms with E-state index in [1.807, 2.05) is 6.07 Å². The van der Waals surface area contributed by atoms with Gasteiger partial charge < -0.3 is 20.1 Å². The van der Waals surface area contributed by atoms with Crippen LogP contribution in [0, 0.1) is 0 Å². The molecule has 1 aromatic carbocycles. The Morgan fingerprint density at radius 2 is 2.00 bits per heavy atom. The summed E-state index contributed by atoms with van der Waals surface area (Å²) in [5, 5.41) is 13.2. The first kappa shape index (κ1) is 15.8. The minimum atomic E-state index is -0.0723. The zero-order valence-corrected chi connectivity index (χ0v) is 13.3. The number of para-hydroxylation sites is 1. The summed E-state index contributed by atoms with van der Waals surface area (Å²) in [5.41, 5.74) is 1.31. The molecule has 2 aliphatic heterocycles. The predicted molar refractivity (Wildman–Crippen MR) is 88.2 cm³/mol. The SMILES string of the molecule is OC1CCN(CCCNC2CCCOc3ccccc32)CC1. The first-order valence-corrected chi connectivity index (χ1v) is 8.68. The van der Waals surface area contributed by atoms with E-state index in [1.54, 1.807) is 0 Å². The summed E-state index contributed by atoms with van der Waals surface area (Å²) in [7, 11) is 0. The van der Waals surface area contributed by atoms with Gasteiger partial charge in [-0.15, -0.1) is 0 Å². The van der Waals surface area contributed by atoms with E-state index < -0.39 is 0 Å². The lowest BCUT2D eigenvalue weighted by Gasteiger charge is -2.29. The van der Waals surface area contributed by atoms with E-state index in [-0.39, 0.29) is 6.10 Å². The molecule has 0 radical (unpaired) electrons. The molecule has 2 aliphatic rings. The molecule has 1 fully saturated rings. The fraction of sp³-hybridized carbons (Fsp3) is 0.667. The van der Waals surface area contributed by atoms with Gasteiger partial charge in [0.1, 0.15) is 5.75 Å². The van der Waals surface area contributed by atoms with Crippen LogP contribution in [0.2, 0.25) is 0 Å². The third kappa shape index (κ3) is 4.22. The van der Waals surface area contributed by atoms with Crippen molar-refractivity contribution in [2.45, 2.75) is 44.2 Å². The molecule has 22 heavy (non-hydrogen) atoms. The van der Waals surface area contributed by atoms with Crippen molar-refractivity contribution in [3.8, 4) is 5.75 Å². The lowest BCUT2D eigenvalue weighted by molar-refractivity contribution is 0.0820. The third-order valence-electron chi connectivity index (χ3n) is 4.79. The number of nitrogens with one attached hydrogen (secondary N) is 1. The van der Waals surface area contributed by atoms with Gasteiger partial charge in [0.25, 0.3) is 0 Å². The van der Waals surface area contributed by atoms with Gasteiger partial charge in [0.05, 0.1) is 12.7 Å². The Morgan fingerprint density at radius 1 is 1.18 bits per heavy atom. The second-order valence-corrected chi connectivity index (χ2v) is 6.46. The molecule has 0 bridgehead atoms. The van der Waals surface area contributed by atoms with E-state index in [4.69, 9.17) is 4.74 Å². The number of hydrogen-bond donors (Lipinski definition) is 2. The third-order valence-corrected chi connectivity index (χ3v) is 4.79. The molecule has 1 atom stereocenters. The second kappa shape index (κ2) is 7.95. The Labute approximate surface area is 133 Å². The first-order chi connectivity index (χ1) is 10.8. The Balaban J connectivity index is 1.43. The summed E-state index contributed by atoms with van der Waals surface area (Å²) >= 11 is 0. The van der Waals surface area contributed by atoms with Gasteiger partial charge >= 0.3 is 0 Å². The Bertz CT molecular complexity index is 458. The van der Waals surface area contributed by atoms with Gasteiger partial charge in [-0.25, -0.2) is 0 Å². The van der Waals surface area contributed by atoms with Crippen LogP contribution in [0.5, 0.6) is 5.75 Å². The summed E-state index contributed by atoms with van der Waals surface area (Å²) in [6.07, 6.45) is 5.21. The predicted octanol–water partition coefficient (Wildman–Crippen LogP) is 2.34. The summed E-state index contributed by atoms with van der Waals surface area (Å²) in [6.45, 7) is 5.08. The number of fused-ring (bicyclic) bond motifs is 1. The van der Waals surface area contributed by atoms with Crippen LogP contribution in [0.4, 0.5) is 0 Å². The number of aliphatic hydroxyl groups excluding tert-OH is 1. The molecule has 1 saturated heterocycles. The fourth-order valence-electron chi connectivity index (χ4n) is 3.46. The zero-order chi connectivity index (χ0) is 15.2. The Hall–Kier alpha value is -1.10. The number of benzene rings is 1. The number of rotatable bonds is 5. The van der Waals surface area contributed by atoms with Crippen LogP contribution in [0.3, 0.4) is 0 Å². The van der Waals surface area contributed by atoms with Gasteiger partial charge in [-0.05, 0) is 51.3 Å². The highest BCUT2D eigenvalue weighted by molar-refractivity contribution is 5.36. The molecule has 122 valence electrons. The summed E-state index contributed by atoms with van der Waals surface area (Å²) in [5.74, 6) is 1.04. The number of aliphatic hydroxyl groups is 1. The van der Waals surface area contributed by atoms with E-state index in [0.717, 1.165) is 70.6 Å². The van der Waals surface area contributed by atoms with Gasteiger partial charge in [-0.2, -0.15) is 0 Å². The molecule has 4 nitrogen and oxygen atoms in total. The highest BCUT2D eigenvalue weighted by atomic mass is 16.5. The molecular formula is C18H28N2O2. The van der Waals surface area contributed by atoms with Crippen molar-refractivity contribution < 1.29 is 9.84 Å². The monoisotopic (exact) mass is 304 g/mol. The minimum Gasteiger partial charge on any atom is -0.493 e. The van der Waals surface area contributed by atoms with Crippen molar-refractivity contribution in [3.63, 3.8) is 0 Å². The summed E-state index contributed by atoms with van der Waals surface area (Å²) < 4.78 is 5.82. The standard InChI is InChI=1S/C18H28N2O2/c21-15-8-12-20(13-9-15)11-4-10-19-17-6-3-14-22-18-7-2-1-5-16(17)18/h1-2,5,7,15,17,19,21H,3-4,6,8-14H2. The number of nitrogens with zero attached hydrogens (tertiary/aromatic N) is 1. The van der Waals surface area contributed by atoms with Gasteiger partial charge in [0, 0.05) is 24.7 Å². The van der Waals surface area contributed by atoms with Gasteiger partial charge in [0.15, 0.2) is 0 Å². The molecular weight excluding hydrogens is 276 g/mol. The second-order valence-electron chi connectivity index (χ2n) is 6.46. The normalized spacial score (nSPS) is 23.6. The maximum atomic E-state index is 9.54. The van der Waals surface area contributed by atoms with Crippen molar-refractivity contribution >= 4 is 0 Å². The molecule has 2 N–H and O–H groups in total. The molecule has 0 aliphatic carbocycles. The van der Waals surface area contributed by atoms with Crippen molar-refractivity contribution in [3.05, 3.63) is 29.8 Å². The van der Waals surface area contributed by atoms with Crippen LogP contribution in [-0.2, 0) is 0 Å². The quantitative estimate of drug-likeness (QED) is 0.820. The van der Waals surface area contributed by atoms with Crippen LogP contribution < -0.4 is 10.1 Å². The molecule has 0 amide bonds. The van der Waals surface area contributed by atoms with Crippen LogP contribution in [0.1, 0.15) is 43.7 Å². The number of ether oxygens (including phenoxy) is 1. The minimum absolute atomic E-state index is 0.0723. The van der Waals surface area contributed by atoms with Gasteiger partial charge in [0.2, 0.25) is 0 Å². The maximum absolute atomic E-state index is 9.54. The first-order valence-electron chi connectivity index (χ1n) is 8.68. The smallest absolute Gasteiger partial charge is 0.124 e. The molecule has 1 unspecified atom stereocenters. The van der Waals surface area contributed by atoms with E-state index in [9.17, 15) is 5.11 Å². The van der Waals surface area contributed by atoms with Crippen molar-refractivity contribution in [2.75, 3.05) is 32.8 Å². The molecule has 3 rings (SSSR count). The zero-order valence-electron chi connectivity index (χ0n) is 13.3. The number of hydrogen-bond acceptors (Lipinski definition) is 4. The largest absolute Gasteiger partial charge is 0.493 e. The summed E-state index contributed by atoms with van der Waals surface area (Å²) in [4.78, 5) is 2.47. The van der Waals surface area contributed by atoms with Crippen molar-refractivity contribution in [1.82, 2.24) is 10.2 Å². The Kier molecular flexibility index (Phi) is 5.70. The van der Waals surface area contributed by atoms with Crippen LogP contribution in [0.15, 0.2) is 24.3 Å². The van der Waals surface area contributed by atoms with Gasteiger partial charge in [-0.3, -0.25) is 0 Å². The molecule has 0 saturated carbocycles. The van der Waals surface area contributed by atoms with Crippen molar-refractivity contribution in [1.29, 1.82) is 0 Å². The fourth-order valence-corrected chi connectivity index (χ4v) is 3.46. The average Bonchev–Trinajstić information content (AvgIpc) is 2.76. The molecule has 0 aromatic heterocycles. The van der Waals surface area contributed by atoms with E-state index in [1.165, 1.54) is 5.56 Å². The molecule has 0 spiro atoms. The summed E-state index contributed by atoms with van der Waals surface area (Å²) in [6, 6.07) is 8.83. The van der Waals surface area contributed by atoms with Crippen LogP contribution in [-0.4, -0.2) is 48.9 Å². The van der Waals surface area contributed by atoms with Crippen LogP contribution >= 0.6 is 0 Å². The lowest BCUT2D eigenvalue weighted by atomic mass is 10.0. The van der Waals surface area contributed by atoms with Gasteiger partial charge in [-0.1, -0.05) is 18.2 Å². The average molecular weight is 304 g/mol. The lowest BCUT2D eigenvalue weighted by Crippen LogP contribution is -2.37. The maximum Gasteiger partial charge on any atom is 0.124 e. The topological polar surface area (TPSA) is 44.7 Å². The van der Waals surface area contributed by atoms with Crippen LogP contribution in [0.25, 0.3) is 0 Å². The molecule has 4 heteroatoms. The van der Waals surface area contributed by atoms with E-state index in [2.05, 4.69) is 28.4 Å². The Morgan fingerprint density at radius 3 is 2.86 bits per heavy atom. The number of likely N-dealkylation sites (tertiary alicyclic amines) is 1.